The quantitative estimate of drug-likeness (QED) is 0.683. The molecule has 1 fully saturated rings. The molecule has 4 heteroatoms. The summed E-state index contributed by atoms with van der Waals surface area (Å²) < 4.78 is 20.0. The predicted molar refractivity (Wildman–Crippen MR) is 84.2 cm³/mol. The summed E-state index contributed by atoms with van der Waals surface area (Å²) in [5.41, 5.74) is -1.27. The summed E-state index contributed by atoms with van der Waals surface area (Å²) in [4.78, 5) is 13.5. The van der Waals surface area contributed by atoms with E-state index in [9.17, 15) is 9.18 Å². The van der Waals surface area contributed by atoms with Crippen LogP contribution in [0.3, 0.4) is 0 Å². The van der Waals surface area contributed by atoms with Gasteiger partial charge in [-0.15, -0.1) is 0 Å². The van der Waals surface area contributed by atoms with Crippen molar-refractivity contribution >= 4 is 6.09 Å². The van der Waals surface area contributed by atoms with Gasteiger partial charge >= 0.3 is 6.09 Å². The third-order valence-corrected chi connectivity index (χ3v) is 3.41. The fourth-order valence-corrected chi connectivity index (χ4v) is 2.20. The van der Waals surface area contributed by atoms with Gasteiger partial charge in [0.1, 0.15) is 5.60 Å². The Bertz CT molecular complexity index is 573. The van der Waals surface area contributed by atoms with Gasteiger partial charge < -0.3 is 9.64 Å². The molecule has 0 spiro atoms. The highest BCUT2D eigenvalue weighted by Crippen LogP contribution is 2.27. The van der Waals surface area contributed by atoms with Crippen molar-refractivity contribution in [3.63, 3.8) is 0 Å². The lowest BCUT2D eigenvalue weighted by Gasteiger charge is -2.34. The zero-order valence-corrected chi connectivity index (χ0v) is 13.4. The van der Waals surface area contributed by atoms with E-state index in [0.29, 0.717) is 13.1 Å². The molecule has 0 aromatic heterocycles. The van der Waals surface area contributed by atoms with E-state index in [1.54, 1.807) is 4.90 Å². The van der Waals surface area contributed by atoms with Crippen molar-refractivity contribution in [1.29, 1.82) is 0 Å². The maximum atomic E-state index is 14.7. The van der Waals surface area contributed by atoms with Gasteiger partial charge in [-0.3, -0.25) is 0 Å². The van der Waals surface area contributed by atoms with Gasteiger partial charge in [-0.05, 0) is 32.9 Å². The molecule has 1 aromatic rings. The Balaban J connectivity index is 1.94. The minimum Gasteiger partial charge on any atom is -0.444 e. The first-order valence-corrected chi connectivity index (χ1v) is 7.53. The van der Waals surface area contributed by atoms with E-state index in [2.05, 4.69) is 11.8 Å². The van der Waals surface area contributed by atoms with Gasteiger partial charge in [0.15, 0.2) is 5.67 Å². The molecule has 0 N–H and O–H groups in total. The smallest absolute Gasteiger partial charge is 0.410 e. The molecule has 1 aliphatic heterocycles. The van der Waals surface area contributed by atoms with E-state index < -0.39 is 11.3 Å². The minimum absolute atomic E-state index is 0.214. The SMILES string of the molecule is CC(C)(C)OC(=O)N1CCC(F)(C#Cc2ccccc2)CC1. The highest BCUT2D eigenvalue weighted by molar-refractivity contribution is 5.68. The number of carbonyl (C=O) groups excluding carboxylic acids is 1. The molecule has 0 atom stereocenters. The van der Waals surface area contributed by atoms with Gasteiger partial charge in [0.25, 0.3) is 0 Å². The standard InChI is InChI=1S/C18H22FNO2/c1-17(2,3)22-16(21)20-13-11-18(19,12-14-20)10-9-15-7-5-4-6-8-15/h4-8H,11-14H2,1-3H3. The van der Waals surface area contributed by atoms with Gasteiger partial charge in [-0.1, -0.05) is 30.0 Å². The lowest BCUT2D eigenvalue weighted by atomic mass is 9.94. The largest absolute Gasteiger partial charge is 0.444 e. The van der Waals surface area contributed by atoms with Crippen molar-refractivity contribution in [3.8, 4) is 11.8 Å². The van der Waals surface area contributed by atoms with Crippen molar-refractivity contribution in [3.05, 3.63) is 35.9 Å². The van der Waals surface area contributed by atoms with Crippen molar-refractivity contribution in [2.45, 2.75) is 44.9 Å². The van der Waals surface area contributed by atoms with Gasteiger partial charge in [0, 0.05) is 31.5 Å². The normalized spacial score (nSPS) is 17.4. The van der Waals surface area contributed by atoms with E-state index in [-0.39, 0.29) is 18.9 Å². The molecular formula is C18H22FNO2. The first-order valence-electron chi connectivity index (χ1n) is 7.53. The van der Waals surface area contributed by atoms with Crippen LogP contribution in [0.5, 0.6) is 0 Å². The second kappa shape index (κ2) is 6.39. The Labute approximate surface area is 131 Å². The maximum absolute atomic E-state index is 14.7. The summed E-state index contributed by atoms with van der Waals surface area (Å²) >= 11 is 0. The summed E-state index contributed by atoms with van der Waals surface area (Å²) in [6.45, 7) is 6.11. The second-order valence-electron chi connectivity index (χ2n) is 6.55. The zero-order valence-electron chi connectivity index (χ0n) is 13.4. The first kappa shape index (κ1) is 16.4. The van der Waals surface area contributed by atoms with Crippen LogP contribution in [-0.4, -0.2) is 35.4 Å². The molecule has 2 rings (SSSR count). The molecule has 1 amide bonds. The van der Waals surface area contributed by atoms with Crippen molar-refractivity contribution in [1.82, 2.24) is 4.90 Å². The lowest BCUT2D eigenvalue weighted by Crippen LogP contribution is -2.45. The van der Waals surface area contributed by atoms with Crippen LogP contribution in [0.25, 0.3) is 0 Å². The molecule has 22 heavy (non-hydrogen) atoms. The van der Waals surface area contributed by atoms with Crippen LogP contribution in [0.4, 0.5) is 9.18 Å². The molecule has 118 valence electrons. The number of hydrogen-bond donors (Lipinski definition) is 0. The topological polar surface area (TPSA) is 29.5 Å². The molecule has 1 aliphatic rings. The monoisotopic (exact) mass is 303 g/mol. The molecule has 0 saturated carbocycles. The second-order valence-corrected chi connectivity index (χ2v) is 6.55. The van der Waals surface area contributed by atoms with Crippen LogP contribution in [0, 0.1) is 11.8 Å². The highest BCUT2D eigenvalue weighted by Gasteiger charge is 2.35. The van der Waals surface area contributed by atoms with E-state index in [1.165, 1.54) is 0 Å². The van der Waals surface area contributed by atoms with Crippen LogP contribution in [-0.2, 0) is 4.74 Å². The van der Waals surface area contributed by atoms with E-state index >= 15 is 0 Å². The molecule has 0 aliphatic carbocycles. The first-order chi connectivity index (χ1) is 10.3. The van der Waals surface area contributed by atoms with Crippen LogP contribution >= 0.6 is 0 Å². The Morgan fingerprint density at radius 2 is 1.82 bits per heavy atom. The van der Waals surface area contributed by atoms with Gasteiger partial charge in [0.05, 0.1) is 0 Å². The number of piperidine rings is 1. The van der Waals surface area contributed by atoms with Gasteiger partial charge in [-0.25, -0.2) is 9.18 Å². The summed E-state index contributed by atoms with van der Waals surface area (Å²) in [5.74, 6) is 5.60. The van der Waals surface area contributed by atoms with Crippen LogP contribution in [0.1, 0.15) is 39.2 Å². The number of hydrogen-bond acceptors (Lipinski definition) is 2. The average molecular weight is 303 g/mol. The predicted octanol–water partition coefficient (Wildman–Crippen LogP) is 3.78. The van der Waals surface area contributed by atoms with Crippen LogP contribution < -0.4 is 0 Å². The van der Waals surface area contributed by atoms with Crippen LogP contribution in [0.2, 0.25) is 0 Å². The number of likely N-dealkylation sites (tertiary alicyclic amines) is 1. The fraction of sp³-hybridized carbons (Fsp3) is 0.500. The summed E-state index contributed by atoms with van der Waals surface area (Å²) in [7, 11) is 0. The fourth-order valence-electron chi connectivity index (χ4n) is 2.20. The van der Waals surface area contributed by atoms with E-state index in [4.69, 9.17) is 4.74 Å². The van der Waals surface area contributed by atoms with Gasteiger partial charge in [0.2, 0.25) is 0 Å². The third-order valence-electron chi connectivity index (χ3n) is 3.41. The zero-order chi connectivity index (χ0) is 16.2. The number of amides is 1. The number of ether oxygens (including phenoxy) is 1. The molecule has 1 aromatic carbocycles. The minimum atomic E-state index is -1.53. The van der Waals surface area contributed by atoms with Crippen molar-refractivity contribution in [2.24, 2.45) is 0 Å². The van der Waals surface area contributed by atoms with Crippen LogP contribution in [0.15, 0.2) is 30.3 Å². The Kier molecular flexibility index (Phi) is 4.75. The van der Waals surface area contributed by atoms with E-state index in [1.807, 2.05) is 51.1 Å². The highest BCUT2D eigenvalue weighted by atomic mass is 19.1. The number of carbonyl (C=O) groups is 1. The van der Waals surface area contributed by atoms with Gasteiger partial charge in [-0.2, -0.15) is 0 Å². The Hall–Kier alpha value is -2.02. The summed E-state index contributed by atoms with van der Waals surface area (Å²) in [6.07, 6.45) is 0.0450. The number of rotatable bonds is 0. The molecule has 0 radical (unpaired) electrons. The van der Waals surface area contributed by atoms with E-state index in [0.717, 1.165) is 5.56 Å². The number of nitrogens with zero attached hydrogens (tertiary/aromatic N) is 1. The maximum Gasteiger partial charge on any atom is 0.410 e. The molecule has 0 bridgehead atoms. The average Bonchev–Trinajstić information content (AvgIpc) is 2.45. The number of benzene rings is 1. The molecule has 1 saturated heterocycles. The summed E-state index contributed by atoms with van der Waals surface area (Å²) in [5, 5.41) is 0. The molecule has 3 nitrogen and oxygen atoms in total. The number of alkyl halides is 1. The number of halogens is 1. The molecule has 0 unspecified atom stereocenters. The Morgan fingerprint density at radius 1 is 1.23 bits per heavy atom. The van der Waals surface area contributed by atoms with Crippen molar-refractivity contribution < 1.29 is 13.9 Å². The molecular weight excluding hydrogens is 281 g/mol. The third kappa shape index (κ3) is 4.77. The lowest BCUT2D eigenvalue weighted by molar-refractivity contribution is 0.0117. The Morgan fingerprint density at radius 3 is 2.36 bits per heavy atom. The summed E-state index contributed by atoms with van der Waals surface area (Å²) in [6, 6.07) is 9.36. The van der Waals surface area contributed by atoms with Crippen molar-refractivity contribution in [2.75, 3.05) is 13.1 Å². The molecule has 1 heterocycles.